The van der Waals surface area contributed by atoms with Gasteiger partial charge in [-0.15, -0.1) is 0 Å². The maximum atomic E-state index is 12.5. The lowest BCUT2D eigenvalue weighted by atomic mass is 10.1. The van der Waals surface area contributed by atoms with Crippen LogP contribution in [0.4, 0.5) is 5.69 Å². The van der Waals surface area contributed by atoms with E-state index in [4.69, 9.17) is 0 Å². The molecule has 0 bridgehead atoms. The molecule has 27 heavy (non-hydrogen) atoms. The summed E-state index contributed by atoms with van der Waals surface area (Å²) >= 11 is 0. The molecule has 2 amide bonds. The van der Waals surface area contributed by atoms with Crippen LogP contribution < -0.4 is 10.9 Å². The van der Waals surface area contributed by atoms with Crippen LogP contribution >= 0.6 is 0 Å². The number of nitrogens with one attached hydrogen (secondary N) is 1. The smallest absolute Gasteiger partial charge is 0.274 e. The zero-order valence-electron chi connectivity index (χ0n) is 16.2. The van der Waals surface area contributed by atoms with Gasteiger partial charge in [0, 0.05) is 32.8 Å². The van der Waals surface area contributed by atoms with Gasteiger partial charge in [0.05, 0.1) is 5.56 Å². The molecule has 0 unspecified atom stereocenters. The van der Waals surface area contributed by atoms with Gasteiger partial charge in [-0.25, -0.2) is 0 Å². The predicted octanol–water partition coefficient (Wildman–Crippen LogP) is 2.83. The molecule has 0 atom stereocenters. The third-order valence-corrected chi connectivity index (χ3v) is 4.47. The Kier molecular flexibility index (Phi) is 7.34. The second-order valence-electron chi connectivity index (χ2n) is 6.42. The molecule has 1 aromatic heterocycles. The number of amides is 2. The average Bonchev–Trinajstić information content (AvgIpc) is 2.67. The SMILES string of the molecule is CCN(CC)C(=O)c1cc(NC(=O)CCCc2ccccc2)c(=O)n(C)c1. The molecular weight excluding hydrogens is 342 g/mol. The van der Waals surface area contributed by atoms with Crippen LogP contribution in [-0.4, -0.2) is 34.4 Å². The summed E-state index contributed by atoms with van der Waals surface area (Å²) < 4.78 is 1.33. The molecule has 144 valence electrons. The highest BCUT2D eigenvalue weighted by Gasteiger charge is 2.16. The van der Waals surface area contributed by atoms with Gasteiger partial charge < -0.3 is 14.8 Å². The molecule has 1 N–H and O–H groups in total. The number of anilines is 1. The van der Waals surface area contributed by atoms with E-state index in [9.17, 15) is 14.4 Å². The van der Waals surface area contributed by atoms with E-state index in [2.05, 4.69) is 5.32 Å². The number of aryl methyl sites for hydroxylation is 2. The average molecular weight is 369 g/mol. The van der Waals surface area contributed by atoms with Gasteiger partial charge >= 0.3 is 0 Å². The zero-order chi connectivity index (χ0) is 19.8. The molecule has 0 radical (unpaired) electrons. The van der Waals surface area contributed by atoms with Crippen molar-refractivity contribution < 1.29 is 9.59 Å². The maximum absolute atomic E-state index is 12.5. The second kappa shape index (κ2) is 9.71. The Bertz CT molecular complexity index is 839. The van der Waals surface area contributed by atoms with E-state index in [0.29, 0.717) is 31.5 Å². The van der Waals surface area contributed by atoms with Crippen molar-refractivity contribution in [1.82, 2.24) is 9.47 Å². The third kappa shape index (κ3) is 5.54. The molecule has 0 fully saturated rings. The van der Waals surface area contributed by atoms with Crippen LogP contribution in [0.1, 0.15) is 42.6 Å². The fraction of sp³-hybridized carbons (Fsp3) is 0.381. The van der Waals surface area contributed by atoms with Crippen LogP contribution in [0.2, 0.25) is 0 Å². The fourth-order valence-corrected chi connectivity index (χ4v) is 2.92. The van der Waals surface area contributed by atoms with Crippen LogP contribution in [-0.2, 0) is 18.3 Å². The summed E-state index contributed by atoms with van der Waals surface area (Å²) in [5, 5.41) is 2.66. The van der Waals surface area contributed by atoms with Crippen LogP contribution in [0, 0.1) is 0 Å². The van der Waals surface area contributed by atoms with Gasteiger partial charge in [-0.05, 0) is 38.3 Å². The molecule has 0 aliphatic rings. The fourth-order valence-electron chi connectivity index (χ4n) is 2.92. The third-order valence-electron chi connectivity index (χ3n) is 4.47. The number of carbonyl (C=O) groups excluding carboxylic acids is 2. The topological polar surface area (TPSA) is 71.4 Å². The zero-order valence-corrected chi connectivity index (χ0v) is 16.2. The minimum absolute atomic E-state index is 0.139. The van der Waals surface area contributed by atoms with E-state index in [-0.39, 0.29) is 23.1 Å². The normalized spacial score (nSPS) is 10.5. The highest BCUT2D eigenvalue weighted by Crippen LogP contribution is 2.10. The summed E-state index contributed by atoms with van der Waals surface area (Å²) in [4.78, 5) is 38.8. The Morgan fingerprint density at radius 2 is 1.78 bits per heavy atom. The van der Waals surface area contributed by atoms with Crippen LogP contribution in [0.15, 0.2) is 47.4 Å². The van der Waals surface area contributed by atoms with E-state index >= 15 is 0 Å². The standard InChI is InChI=1S/C21H27N3O3/c1-4-24(5-2)20(26)17-14-18(21(27)23(3)15-17)22-19(25)13-9-12-16-10-7-6-8-11-16/h6-8,10-11,14-15H,4-5,9,12-13H2,1-3H3,(H,22,25). The lowest BCUT2D eigenvalue weighted by Crippen LogP contribution is -2.32. The molecule has 2 rings (SSSR count). The lowest BCUT2D eigenvalue weighted by Gasteiger charge is -2.19. The Hall–Kier alpha value is -2.89. The van der Waals surface area contributed by atoms with Crippen molar-refractivity contribution in [3.8, 4) is 0 Å². The van der Waals surface area contributed by atoms with Gasteiger partial charge in [-0.1, -0.05) is 30.3 Å². The van der Waals surface area contributed by atoms with Gasteiger partial charge in [0.15, 0.2) is 0 Å². The summed E-state index contributed by atoms with van der Waals surface area (Å²) in [6, 6.07) is 11.4. The van der Waals surface area contributed by atoms with E-state index in [1.807, 2.05) is 44.2 Å². The number of rotatable bonds is 8. The summed E-state index contributed by atoms with van der Waals surface area (Å²) in [5.41, 5.74) is 1.37. The summed E-state index contributed by atoms with van der Waals surface area (Å²) in [6.45, 7) is 4.97. The monoisotopic (exact) mass is 369 g/mol. The summed E-state index contributed by atoms with van der Waals surface area (Å²) in [7, 11) is 1.58. The molecule has 0 saturated heterocycles. The molecular formula is C21H27N3O3. The van der Waals surface area contributed by atoms with Crippen molar-refractivity contribution in [2.24, 2.45) is 7.05 Å². The van der Waals surface area contributed by atoms with Crippen LogP contribution in [0.25, 0.3) is 0 Å². The number of hydrogen-bond donors (Lipinski definition) is 1. The molecule has 0 aliphatic heterocycles. The predicted molar refractivity (Wildman–Crippen MR) is 107 cm³/mol. The van der Waals surface area contributed by atoms with Crippen molar-refractivity contribution in [2.45, 2.75) is 33.1 Å². The van der Waals surface area contributed by atoms with Gasteiger partial charge in [0.2, 0.25) is 5.91 Å². The highest BCUT2D eigenvalue weighted by molar-refractivity contribution is 5.96. The van der Waals surface area contributed by atoms with Gasteiger partial charge in [0.1, 0.15) is 5.69 Å². The highest BCUT2D eigenvalue weighted by atomic mass is 16.2. The molecule has 1 aromatic carbocycles. The van der Waals surface area contributed by atoms with Gasteiger partial charge in [-0.3, -0.25) is 14.4 Å². The molecule has 0 saturated carbocycles. The van der Waals surface area contributed by atoms with Gasteiger partial charge in [-0.2, -0.15) is 0 Å². The van der Waals surface area contributed by atoms with Gasteiger partial charge in [0.25, 0.3) is 11.5 Å². The Morgan fingerprint density at radius 3 is 2.41 bits per heavy atom. The first-order valence-corrected chi connectivity index (χ1v) is 9.30. The minimum atomic E-state index is -0.331. The summed E-state index contributed by atoms with van der Waals surface area (Å²) in [6.07, 6.45) is 3.31. The number of pyridine rings is 1. The van der Waals surface area contributed by atoms with E-state index in [1.165, 1.54) is 22.4 Å². The van der Waals surface area contributed by atoms with Crippen molar-refractivity contribution >= 4 is 17.5 Å². The van der Waals surface area contributed by atoms with E-state index in [0.717, 1.165) is 6.42 Å². The Morgan fingerprint density at radius 1 is 1.11 bits per heavy atom. The van der Waals surface area contributed by atoms with Crippen LogP contribution in [0.5, 0.6) is 0 Å². The number of carbonyl (C=O) groups is 2. The number of hydrogen-bond acceptors (Lipinski definition) is 3. The minimum Gasteiger partial charge on any atom is -0.339 e. The Labute approximate surface area is 159 Å². The number of benzene rings is 1. The van der Waals surface area contributed by atoms with Crippen LogP contribution in [0.3, 0.4) is 0 Å². The molecule has 0 spiro atoms. The molecule has 0 aliphatic carbocycles. The van der Waals surface area contributed by atoms with Crippen molar-refractivity contribution in [1.29, 1.82) is 0 Å². The second-order valence-corrected chi connectivity index (χ2v) is 6.42. The lowest BCUT2D eigenvalue weighted by molar-refractivity contribution is -0.116. The van der Waals surface area contributed by atoms with Crippen molar-refractivity contribution in [2.75, 3.05) is 18.4 Å². The van der Waals surface area contributed by atoms with Crippen molar-refractivity contribution in [3.63, 3.8) is 0 Å². The number of aromatic nitrogens is 1. The maximum Gasteiger partial charge on any atom is 0.274 e. The molecule has 6 heteroatoms. The van der Waals surface area contributed by atoms with E-state index < -0.39 is 0 Å². The molecule has 2 aromatic rings. The first-order chi connectivity index (χ1) is 13.0. The number of nitrogens with zero attached hydrogens (tertiary/aromatic N) is 2. The van der Waals surface area contributed by atoms with Crippen molar-refractivity contribution in [3.05, 3.63) is 64.1 Å². The first kappa shape index (κ1) is 20.4. The molecule has 6 nitrogen and oxygen atoms in total. The quantitative estimate of drug-likeness (QED) is 0.778. The molecule has 1 heterocycles. The first-order valence-electron chi connectivity index (χ1n) is 9.30. The van der Waals surface area contributed by atoms with E-state index in [1.54, 1.807) is 11.9 Å². The Balaban J connectivity index is 2.05. The summed E-state index contributed by atoms with van der Waals surface area (Å²) in [5.74, 6) is -0.384. The largest absolute Gasteiger partial charge is 0.339 e.